The molecule has 6 nitrogen and oxygen atoms in total. The summed E-state index contributed by atoms with van der Waals surface area (Å²) in [6, 6.07) is 21.1. The van der Waals surface area contributed by atoms with Crippen molar-refractivity contribution in [1.82, 2.24) is 9.97 Å². The van der Waals surface area contributed by atoms with Crippen LogP contribution in [0.4, 0.5) is 11.8 Å². The molecular formula is C25H29N5O. The summed E-state index contributed by atoms with van der Waals surface area (Å²) in [5, 5.41) is 25.9. The zero-order valence-electron chi connectivity index (χ0n) is 17.8. The minimum atomic E-state index is -0.344. The van der Waals surface area contributed by atoms with Crippen molar-refractivity contribution < 1.29 is 6.53 Å². The smallest absolute Gasteiger partial charge is 0.224 e. The van der Waals surface area contributed by atoms with E-state index in [9.17, 15) is 10.4 Å². The fourth-order valence-corrected chi connectivity index (χ4v) is 3.78. The highest BCUT2D eigenvalue weighted by Gasteiger charge is 2.47. The Morgan fingerprint density at radius 2 is 1.84 bits per heavy atom. The molecule has 160 valence electrons. The average Bonchev–Trinajstić information content (AvgIpc) is 2.80. The second kappa shape index (κ2) is 8.75. The molecule has 3 N–H and O–H groups in total. The van der Waals surface area contributed by atoms with Gasteiger partial charge >= 0.3 is 0 Å². The van der Waals surface area contributed by atoms with Crippen molar-refractivity contribution in [3.05, 3.63) is 71.9 Å². The summed E-state index contributed by atoms with van der Waals surface area (Å²) < 4.78 is 0. The van der Waals surface area contributed by atoms with Gasteiger partial charge in [-0.1, -0.05) is 68.4 Å². The van der Waals surface area contributed by atoms with Crippen LogP contribution in [0.1, 0.15) is 32.8 Å². The number of aliphatic hydroxyl groups is 1. The van der Waals surface area contributed by atoms with E-state index in [2.05, 4.69) is 63.1 Å². The lowest BCUT2D eigenvalue weighted by Gasteiger charge is -2.49. The second-order valence-corrected chi connectivity index (χ2v) is 8.58. The monoisotopic (exact) mass is 415 g/mol. The van der Waals surface area contributed by atoms with Gasteiger partial charge in [-0.05, 0) is 29.5 Å². The van der Waals surface area contributed by atoms with Crippen LogP contribution >= 0.6 is 0 Å². The molecule has 0 saturated heterocycles. The Hall–Kier alpha value is -3.43. The fourth-order valence-electron chi connectivity index (χ4n) is 3.78. The molecule has 2 aromatic carbocycles. The van der Waals surface area contributed by atoms with Gasteiger partial charge in [-0.3, -0.25) is 0 Å². The highest BCUT2D eigenvalue weighted by molar-refractivity contribution is 5.63. The molecule has 0 radical (unpaired) electrons. The molecule has 0 aliphatic heterocycles. The van der Waals surface area contributed by atoms with E-state index in [0.29, 0.717) is 30.3 Å². The molecule has 0 amide bonds. The number of aromatic nitrogens is 2. The maximum Gasteiger partial charge on any atom is 0.224 e. The van der Waals surface area contributed by atoms with E-state index < -0.39 is 0 Å². The number of nitrogens with one attached hydrogen (secondary N) is 2. The van der Waals surface area contributed by atoms with E-state index in [0.717, 1.165) is 6.42 Å². The lowest BCUT2D eigenvalue weighted by atomic mass is 9.64. The first-order chi connectivity index (χ1) is 15.0. The Morgan fingerprint density at radius 1 is 1.13 bits per heavy atom. The molecule has 0 bridgehead atoms. The van der Waals surface area contributed by atoms with E-state index in [4.69, 9.17) is 0 Å². The maximum absolute atomic E-state index is 9.96. The second-order valence-electron chi connectivity index (χ2n) is 8.58. The van der Waals surface area contributed by atoms with Crippen LogP contribution in [0.3, 0.4) is 0 Å². The average molecular weight is 416 g/mol. The summed E-state index contributed by atoms with van der Waals surface area (Å²) in [4.78, 5) is 8.77. The van der Waals surface area contributed by atoms with Crippen molar-refractivity contribution in [2.24, 2.45) is 5.41 Å². The number of rotatable bonds is 7. The van der Waals surface area contributed by atoms with Gasteiger partial charge in [-0.25, -0.2) is 4.98 Å². The minimum absolute atomic E-state index is 0. The summed E-state index contributed by atoms with van der Waals surface area (Å²) in [6.45, 7) is 4.70. The molecule has 31 heavy (non-hydrogen) atoms. The fraction of sp³-hybridized carbons (Fsp3) is 0.320. The van der Waals surface area contributed by atoms with Crippen LogP contribution < -0.4 is 10.6 Å². The number of anilines is 2. The molecule has 4 rings (SSSR count). The molecule has 1 aromatic heterocycles. The molecule has 3 aromatic rings. The standard InChI is InChI=1S/C25H27N5O.H2/c1-25(2)21(14-22(25)31)29-23-20(15-26)16-28-24(30-23)27-13-12-17-8-10-19(11-9-17)18-6-4-3-5-7-18;/h3-11,16,21-22,31H,12-14H2,1-2H3,(H2,27,28,29,30);1H/t21-,22+;/m1./s1. The third kappa shape index (κ3) is 4.52. The third-order valence-electron chi connectivity index (χ3n) is 6.19. The van der Waals surface area contributed by atoms with Gasteiger partial charge in [0.1, 0.15) is 17.5 Å². The Morgan fingerprint density at radius 3 is 2.48 bits per heavy atom. The summed E-state index contributed by atoms with van der Waals surface area (Å²) in [5.41, 5.74) is 3.79. The summed E-state index contributed by atoms with van der Waals surface area (Å²) >= 11 is 0. The van der Waals surface area contributed by atoms with Gasteiger partial charge in [-0.2, -0.15) is 10.2 Å². The quantitative estimate of drug-likeness (QED) is 0.526. The van der Waals surface area contributed by atoms with Gasteiger partial charge in [0.25, 0.3) is 0 Å². The van der Waals surface area contributed by atoms with Crippen LogP contribution in [0.2, 0.25) is 0 Å². The Bertz CT molecular complexity index is 1080. The summed E-state index contributed by atoms with van der Waals surface area (Å²) in [5.74, 6) is 0.997. The highest BCUT2D eigenvalue weighted by Crippen LogP contribution is 2.42. The van der Waals surface area contributed by atoms with E-state index >= 15 is 0 Å². The van der Waals surface area contributed by atoms with Crippen molar-refractivity contribution >= 4 is 11.8 Å². The lowest BCUT2D eigenvalue weighted by molar-refractivity contribution is -0.0511. The van der Waals surface area contributed by atoms with Crippen LogP contribution in [-0.4, -0.2) is 33.8 Å². The molecule has 1 aliphatic carbocycles. The van der Waals surface area contributed by atoms with Crippen LogP contribution in [-0.2, 0) is 6.42 Å². The third-order valence-corrected chi connectivity index (χ3v) is 6.19. The molecule has 1 aliphatic rings. The molecule has 1 saturated carbocycles. The zero-order valence-corrected chi connectivity index (χ0v) is 17.8. The van der Waals surface area contributed by atoms with Crippen LogP contribution in [0.5, 0.6) is 0 Å². The maximum atomic E-state index is 9.96. The van der Waals surface area contributed by atoms with Gasteiger partial charge in [0.15, 0.2) is 0 Å². The molecule has 2 atom stereocenters. The van der Waals surface area contributed by atoms with E-state index in [-0.39, 0.29) is 19.0 Å². The van der Waals surface area contributed by atoms with Gasteiger partial charge in [0.05, 0.1) is 12.3 Å². The van der Waals surface area contributed by atoms with E-state index in [1.165, 1.54) is 22.9 Å². The Balaban J connectivity index is 0.00000289. The van der Waals surface area contributed by atoms with Gasteiger partial charge in [0.2, 0.25) is 5.95 Å². The number of nitriles is 1. The Kier molecular flexibility index (Phi) is 5.88. The molecule has 0 unspecified atom stereocenters. The molecule has 1 fully saturated rings. The molecule has 0 spiro atoms. The van der Waals surface area contributed by atoms with Crippen LogP contribution in [0.15, 0.2) is 60.8 Å². The lowest BCUT2D eigenvalue weighted by Crippen LogP contribution is -2.57. The summed E-state index contributed by atoms with van der Waals surface area (Å²) in [6.07, 6.45) is 2.67. The Labute approximate surface area is 184 Å². The number of hydrogen-bond donors (Lipinski definition) is 3. The molecule has 1 heterocycles. The van der Waals surface area contributed by atoms with Crippen molar-refractivity contribution in [2.45, 2.75) is 38.8 Å². The first kappa shape index (κ1) is 20.8. The van der Waals surface area contributed by atoms with E-state index in [1.807, 2.05) is 32.0 Å². The van der Waals surface area contributed by atoms with Crippen molar-refractivity contribution in [3.63, 3.8) is 0 Å². The number of hydrogen-bond acceptors (Lipinski definition) is 6. The SMILES string of the molecule is CC1(C)[C@@H](O)C[C@H]1Nc1nc(NCCc2ccc(-c3ccccc3)cc2)ncc1C#N.[HH]. The predicted octanol–water partition coefficient (Wildman–Crippen LogP) is 4.49. The van der Waals surface area contributed by atoms with Crippen molar-refractivity contribution in [1.29, 1.82) is 5.26 Å². The highest BCUT2D eigenvalue weighted by atomic mass is 16.3. The van der Waals surface area contributed by atoms with Gasteiger partial charge in [0, 0.05) is 19.4 Å². The molecule has 6 heteroatoms. The van der Waals surface area contributed by atoms with Gasteiger partial charge in [-0.15, -0.1) is 0 Å². The molecular weight excluding hydrogens is 386 g/mol. The number of nitrogens with zero attached hydrogens (tertiary/aromatic N) is 3. The van der Waals surface area contributed by atoms with Gasteiger partial charge < -0.3 is 15.7 Å². The topological polar surface area (TPSA) is 93.9 Å². The van der Waals surface area contributed by atoms with E-state index in [1.54, 1.807) is 0 Å². The zero-order chi connectivity index (χ0) is 21.8. The minimum Gasteiger partial charge on any atom is -0.392 e. The first-order valence-electron chi connectivity index (χ1n) is 10.6. The number of aliphatic hydroxyl groups excluding tert-OH is 1. The van der Waals surface area contributed by atoms with Crippen LogP contribution in [0.25, 0.3) is 11.1 Å². The van der Waals surface area contributed by atoms with Crippen molar-refractivity contribution in [3.8, 4) is 17.2 Å². The summed E-state index contributed by atoms with van der Waals surface area (Å²) in [7, 11) is 0. The predicted molar refractivity (Wildman–Crippen MR) is 125 cm³/mol. The normalized spacial score (nSPS) is 19.2. The first-order valence-corrected chi connectivity index (χ1v) is 10.6. The number of benzene rings is 2. The largest absolute Gasteiger partial charge is 0.392 e. The van der Waals surface area contributed by atoms with Crippen LogP contribution in [0, 0.1) is 16.7 Å². The van der Waals surface area contributed by atoms with Crippen molar-refractivity contribution in [2.75, 3.05) is 17.2 Å².